The summed E-state index contributed by atoms with van der Waals surface area (Å²) in [5.74, 6) is -2.02. The molecule has 0 saturated carbocycles. The van der Waals surface area contributed by atoms with Gasteiger partial charge in [-0.25, -0.2) is 13.2 Å². The summed E-state index contributed by atoms with van der Waals surface area (Å²) in [7, 11) is -3.61. The first kappa shape index (κ1) is 23.6. The van der Waals surface area contributed by atoms with E-state index in [9.17, 15) is 23.1 Å². The molecule has 2 rings (SSSR count). The second-order valence-corrected chi connectivity index (χ2v) is 9.28. The first-order chi connectivity index (χ1) is 14.1. The Morgan fingerprint density at radius 1 is 1.23 bits per heavy atom. The van der Waals surface area contributed by atoms with Crippen LogP contribution < -0.4 is 16.8 Å². The van der Waals surface area contributed by atoms with Gasteiger partial charge in [0.1, 0.15) is 6.04 Å². The van der Waals surface area contributed by atoms with Crippen molar-refractivity contribution in [1.29, 1.82) is 0 Å². The molecule has 1 heterocycles. The molecule has 1 aliphatic heterocycles. The molecule has 1 atom stereocenters. The largest absolute Gasteiger partial charge is 0.480 e. The summed E-state index contributed by atoms with van der Waals surface area (Å²) in [4.78, 5) is 27.9. The van der Waals surface area contributed by atoms with Crippen LogP contribution in [0.1, 0.15) is 31.2 Å². The maximum absolute atomic E-state index is 12.8. The van der Waals surface area contributed by atoms with E-state index in [1.165, 1.54) is 4.31 Å². The molecule has 1 aromatic carbocycles. The van der Waals surface area contributed by atoms with Crippen LogP contribution in [-0.2, 0) is 19.6 Å². The van der Waals surface area contributed by atoms with Gasteiger partial charge in [0.25, 0.3) is 0 Å². The molecule has 10 nitrogen and oxygen atoms in total. The molecule has 1 fully saturated rings. The Balaban J connectivity index is 1.90. The topological polar surface area (TPSA) is 168 Å². The number of amides is 1. The summed E-state index contributed by atoms with van der Waals surface area (Å²) in [5.41, 5.74) is 11.4. The Bertz CT molecular complexity index is 873. The molecule has 0 bridgehead atoms. The van der Waals surface area contributed by atoms with Gasteiger partial charge in [-0.2, -0.15) is 4.31 Å². The number of aliphatic imine (C=N–C) groups is 1. The molecule has 0 aromatic heterocycles. The Kier molecular flexibility index (Phi) is 8.18. The highest BCUT2D eigenvalue weighted by atomic mass is 32.2. The van der Waals surface area contributed by atoms with E-state index in [0.717, 1.165) is 5.56 Å². The lowest BCUT2D eigenvalue weighted by Gasteiger charge is -2.31. The van der Waals surface area contributed by atoms with Crippen LogP contribution in [0.15, 0.2) is 34.2 Å². The van der Waals surface area contributed by atoms with Gasteiger partial charge in [0.05, 0.1) is 4.90 Å². The van der Waals surface area contributed by atoms with Crippen molar-refractivity contribution in [3.63, 3.8) is 0 Å². The number of sulfonamides is 1. The number of hydrogen-bond donors (Lipinski definition) is 4. The molecular weight excluding hydrogens is 410 g/mol. The number of nitrogens with one attached hydrogen (secondary N) is 1. The molecule has 0 unspecified atom stereocenters. The van der Waals surface area contributed by atoms with Gasteiger partial charge in [-0.1, -0.05) is 17.7 Å². The Hall–Kier alpha value is -2.66. The summed E-state index contributed by atoms with van der Waals surface area (Å²) >= 11 is 0. The number of carbonyl (C=O) groups excluding carboxylic acids is 1. The average Bonchev–Trinajstić information content (AvgIpc) is 2.70. The van der Waals surface area contributed by atoms with Crippen LogP contribution in [-0.4, -0.2) is 61.3 Å². The van der Waals surface area contributed by atoms with E-state index in [-0.39, 0.29) is 42.8 Å². The van der Waals surface area contributed by atoms with Gasteiger partial charge < -0.3 is 21.9 Å². The molecule has 1 aromatic rings. The molecular formula is C19H29N5O5S. The van der Waals surface area contributed by atoms with E-state index in [2.05, 4.69) is 10.3 Å². The lowest BCUT2D eigenvalue weighted by atomic mass is 9.96. The zero-order chi connectivity index (χ0) is 22.3. The van der Waals surface area contributed by atoms with Crippen LogP contribution in [0.2, 0.25) is 0 Å². The highest BCUT2D eigenvalue weighted by molar-refractivity contribution is 7.89. The van der Waals surface area contributed by atoms with E-state index >= 15 is 0 Å². The number of aliphatic carboxylic acids is 1. The quantitative estimate of drug-likeness (QED) is 0.239. The second-order valence-electron chi connectivity index (χ2n) is 7.34. The molecule has 0 aliphatic carbocycles. The van der Waals surface area contributed by atoms with Crippen molar-refractivity contribution in [2.45, 2.75) is 43.5 Å². The number of carboxylic acids is 1. The van der Waals surface area contributed by atoms with Crippen LogP contribution in [0.3, 0.4) is 0 Å². The van der Waals surface area contributed by atoms with Crippen LogP contribution in [0.5, 0.6) is 0 Å². The molecule has 6 N–H and O–H groups in total. The molecule has 0 radical (unpaired) electrons. The smallest absolute Gasteiger partial charge is 0.326 e. The van der Waals surface area contributed by atoms with Crippen molar-refractivity contribution in [3.8, 4) is 0 Å². The van der Waals surface area contributed by atoms with Crippen LogP contribution >= 0.6 is 0 Å². The highest BCUT2D eigenvalue weighted by Gasteiger charge is 2.33. The van der Waals surface area contributed by atoms with Crippen LogP contribution in [0.4, 0.5) is 0 Å². The number of carbonyl (C=O) groups is 2. The normalized spacial score (nSPS) is 16.6. The number of piperidine rings is 1. The number of guanidine groups is 1. The minimum atomic E-state index is -3.61. The van der Waals surface area contributed by atoms with E-state index in [0.29, 0.717) is 19.3 Å². The van der Waals surface area contributed by atoms with Crippen molar-refractivity contribution < 1.29 is 23.1 Å². The number of carboxylic acid groups (broad SMARTS) is 1. The summed E-state index contributed by atoms with van der Waals surface area (Å²) in [6.45, 7) is 2.57. The summed E-state index contributed by atoms with van der Waals surface area (Å²) in [5, 5.41) is 11.9. The van der Waals surface area contributed by atoms with E-state index in [4.69, 9.17) is 11.5 Å². The molecule has 30 heavy (non-hydrogen) atoms. The SMILES string of the molecule is Cc1ccc(S(=O)(=O)N2CCC(C(=O)N[C@@H](CCCN=C(N)N)C(=O)O)CC2)cc1. The second kappa shape index (κ2) is 10.4. The number of hydrogen-bond acceptors (Lipinski definition) is 5. The lowest BCUT2D eigenvalue weighted by molar-refractivity contribution is -0.142. The predicted molar refractivity (Wildman–Crippen MR) is 112 cm³/mol. The third-order valence-electron chi connectivity index (χ3n) is 5.04. The fourth-order valence-corrected chi connectivity index (χ4v) is 4.74. The van der Waals surface area contributed by atoms with Gasteiger partial charge in [0, 0.05) is 25.6 Å². The summed E-state index contributed by atoms with van der Waals surface area (Å²) in [6, 6.07) is 5.59. The van der Waals surface area contributed by atoms with Crippen molar-refractivity contribution in [1.82, 2.24) is 9.62 Å². The van der Waals surface area contributed by atoms with Crippen molar-refractivity contribution in [2.24, 2.45) is 22.4 Å². The molecule has 0 spiro atoms. The van der Waals surface area contributed by atoms with Gasteiger partial charge in [-0.3, -0.25) is 9.79 Å². The van der Waals surface area contributed by atoms with Gasteiger partial charge in [-0.15, -0.1) is 0 Å². The average molecular weight is 440 g/mol. The molecule has 166 valence electrons. The van der Waals surface area contributed by atoms with Crippen LogP contribution in [0, 0.1) is 12.8 Å². The van der Waals surface area contributed by atoms with Crippen molar-refractivity contribution in [2.75, 3.05) is 19.6 Å². The van der Waals surface area contributed by atoms with Crippen molar-refractivity contribution in [3.05, 3.63) is 29.8 Å². The van der Waals surface area contributed by atoms with Gasteiger partial charge in [0.15, 0.2) is 5.96 Å². The molecule has 1 amide bonds. The maximum atomic E-state index is 12.8. The first-order valence-electron chi connectivity index (χ1n) is 9.76. The van der Waals surface area contributed by atoms with Crippen molar-refractivity contribution >= 4 is 27.9 Å². The zero-order valence-corrected chi connectivity index (χ0v) is 17.8. The zero-order valence-electron chi connectivity index (χ0n) is 17.0. The third kappa shape index (κ3) is 6.42. The number of benzene rings is 1. The molecule has 1 saturated heterocycles. The number of aryl methyl sites for hydroxylation is 1. The Morgan fingerprint density at radius 3 is 2.37 bits per heavy atom. The van der Waals surface area contributed by atoms with Crippen LogP contribution in [0.25, 0.3) is 0 Å². The Labute approximate surface area is 176 Å². The fraction of sp³-hybridized carbons (Fsp3) is 0.526. The van der Waals surface area contributed by atoms with E-state index in [1.807, 2.05) is 6.92 Å². The summed E-state index contributed by atoms with van der Waals surface area (Å²) < 4.78 is 26.9. The number of rotatable bonds is 9. The third-order valence-corrected chi connectivity index (χ3v) is 6.96. The lowest BCUT2D eigenvalue weighted by Crippen LogP contribution is -2.47. The number of nitrogens with zero attached hydrogens (tertiary/aromatic N) is 2. The molecule has 11 heteroatoms. The minimum Gasteiger partial charge on any atom is -0.480 e. The monoisotopic (exact) mass is 439 g/mol. The van der Waals surface area contributed by atoms with E-state index in [1.54, 1.807) is 24.3 Å². The highest BCUT2D eigenvalue weighted by Crippen LogP contribution is 2.24. The van der Waals surface area contributed by atoms with Gasteiger partial charge in [0.2, 0.25) is 15.9 Å². The maximum Gasteiger partial charge on any atom is 0.326 e. The van der Waals surface area contributed by atoms with Gasteiger partial charge in [-0.05, 0) is 44.7 Å². The number of nitrogens with two attached hydrogens (primary N) is 2. The van der Waals surface area contributed by atoms with E-state index < -0.39 is 28.0 Å². The van der Waals surface area contributed by atoms with Gasteiger partial charge >= 0.3 is 5.97 Å². The molecule has 1 aliphatic rings. The Morgan fingerprint density at radius 2 is 1.83 bits per heavy atom. The predicted octanol–water partition coefficient (Wildman–Crippen LogP) is 0.0187. The minimum absolute atomic E-state index is 0.0711. The standard InChI is InChI=1S/C19H29N5O5S/c1-13-4-6-15(7-5-13)30(28,29)24-11-8-14(9-12-24)17(25)23-16(18(26)27)3-2-10-22-19(20)21/h4-7,14,16H,2-3,8-12H2,1H3,(H,23,25)(H,26,27)(H4,20,21,22)/t16-/m0/s1. The summed E-state index contributed by atoms with van der Waals surface area (Å²) in [6.07, 6.45) is 1.26. The first-order valence-corrected chi connectivity index (χ1v) is 11.2. The fourth-order valence-electron chi connectivity index (χ4n) is 3.27.